The molecule has 0 bridgehead atoms. The molecule has 0 amide bonds. The van der Waals surface area contributed by atoms with E-state index < -0.39 is 0 Å². The molecule has 1 rings (SSSR count). The molecule has 11 heavy (non-hydrogen) atoms. The van der Waals surface area contributed by atoms with E-state index >= 15 is 0 Å². The first-order chi connectivity index (χ1) is 5.24. The molecule has 59 valence electrons. The summed E-state index contributed by atoms with van der Waals surface area (Å²) in [6.45, 7) is 1.99. The van der Waals surface area contributed by atoms with Gasteiger partial charge in [-0.05, 0) is 30.5 Å². The molecule has 0 fully saturated rings. The lowest BCUT2D eigenvalue weighted by Gasteiger charge is -2.01. The average molecular weight is 214 g/mol. The number of aryl methyl sites for hydroxylation is 2. The van der Waals surface area contributed by atoms with Crippen LogP contribution in [0.25, 0.3) is 0 Å². The fourth-order valence-corrected chi connectivity index (χ4v) is 1.38. The molecular formula is C9H10BrO. The normalized spacial score (nSPS) is 10.0. The summed E-state index contributed by atoms with van der Waals surface area (Å²) in [6, 6.07) is 6.55. The first-order valence-corrected chi connectivity index (χ1v) is 4.62. The van der Waals surface area contributed by atoms with Crippen LogP contribution < -0.4 is 0 Å². The van der Waals surface area contributed by atoms with Gasteiger partial charge in [-0.15, -0.1) is 0 Å². The summed E-state index contributed by atoms with van der Waals surface area (Å²) >= 11 is 3.32. The summed E-state index contributed by atoms with van der Waals surface area (Å²) in [7, 11) is 0. The van der Waals surface area contributed by atoms with Gasteiger partial charge in [0, 0.05) is 11.4 Å². The molecule has 1 radical (unpaired) electrons. The number of halogens is 1. The van der Waals surface area contributed by atoms with Crippen molar-refractivity contribution < 1.29 is 5.11 Å². The van der Waals surface area contributed by atoms with E-state index in [-0.39, 0.29) is 5.75 Å². The van der Waals surface area contributed by atoms with Crippen LogP contribution in [0.3, 0.4) is 0 Å². The molecule has 2 heteroatoms. The number of phenols is 1. The molecule has 0 spiro atoms. The van der Waals surface area contributed by atoms with Crippen molar-refractivity contribution in [2.75, 3.05) is 5.33 Å². The van der Waals surface area contributed by atoms with Crippen molar-refractivity contribution in [2.24, 2.45) is 0 Å². The first-order valence-electron chi connectivity index (χ1n) is 3.50. The van der Waals surface area contributed by atoms with Crippen molar-refractivity contribution in [1.29, 1.82) is 0 Å². The van der Waals surface area contributed by atoms with E-state index in [2.05, 4.69) is 22.0 Å². The van der Waals surface area contributed by atoms with Crippen LogP contribution in [0.1, 0.15) is 11.1 Å². The molecule has 0 heterocycles. The largest absolute Gasteiger partial charge is 0.507 e. The number of rotatable bonds is 2. The summed E-state index contributed by atoms with van der Waals surface area (Å²) in [5, 5.41) is 10.2. The predicted molar refractivity (Wildman–Crippen MR) is 49.2 cm³/mol. The fourth-order valence-electron chi connectivity index (χ4n) is 0.952. The molecule has 0 saturated carbocycles. The number of phenolic OH excluding ortho intramolecular Hbond substituents is 1. The Morgan fingerprint density at radius 3 is 3.00 bits per heavy atom. The maximum atomic E-state index is 9.29. The summed E-state index contributed by atoms with van der Waals surface area (Å²) in [6.07, 6.45) is 0.851. The summed E-state index contributed by atoms with van der Waals surface area (Å²) in [4.78, 5) is 0. The predicted octanol–water partition coefficient (Wildman–Crippen LogP) is 2.44. The second kappa shape index (κ2) is 3.77. The van der Waals surface area contributed by atoms with Crippen molar-refractivity contribution in [3.05, 3.63) is 29.3 Å². The van der Waals surface area contributed by atoms with Gasteiger partial charge in [-0.2, -0.15) is 0 Å². The molecule has 0 atom stereocenters. The number of hydrogen-bond acceptors (Lipinski definition) is 1. The van der Waals surface area contributed by atoms with Gasteiger partial charge in [0.15, 0.2) is 0 Å². The molecule has 0 aliphatic rings. The molecule has 1 aromatic carbocycles. The van der Waals surface area contributed by atoms with Crippen LogP contribution >= 0.6 is 15.9 Å². The third kappa shape index (κ3) is 2.22. The van der Waals surface area contributed by atoms with Crippen LogP contribution in [-0.2, 0) is 6.42 Å². The average Bonchev–Trinajstić information content (AvgIpc) is 1.98. The quantitative estimate of drug-likeness (QED) is 0.749. The molecule has 0 unspecified atom stereocenters. The van der Waals surface area contributed by atoms with E-state index in [1.165, 1.54) is 0 Å². The molecule has 0 aliphatic heterocycles. The van der Waals surface area contributed by atoms with Crippen LogP contribution in [0, 0.1) is 13.0 Å². The highest BCUT2D eigenvalue weighted by Crippen LogP contribution is 2.18. The Bertz CT molecular complexity index is 245. The highest BCUT2D eigenvalue weighted by Gasteiger charge is 1.99. The Morgan fingerprint density at radius 1 is 1.64 bits per heavy atom. The zero-order chi connectivity index (χ0) is 8.27. The molecule has 0 saturated heterocycles. The van der Waals surface area contributed by atoms with Crippen LogP contribution in [0.2, 0.25) is 0 Å². The lowest BCUT2D eigenvalue weighted by Crippen LogP contribution is -1.87. The summed E-state index contributed by atoms with van der Waals surface area (Å²) in [5.74, 6) is 0.273. The summed E-state index contributed by atoms with van der Waals surface area (Å²) < 4.78 is 0. The van der Waals surface area contributed by atoms with Gasteiger partial charge in [-0.25, -0.2) is 0 Å². The third-order valence-electron chi connectivity index (χ3n) is 1.51. The maximum absolute atomic E-state index is 9.29. The Kier molecular flexibility index (Phi) is 2.94. The zero-order valence-corrected chi connectivity index (χ0v) is 7.98. The van der Waals surface area contributed by atoms with E-state index in [1.54, 1.807) is 6.07 Å². The number of alkyl halides is 1. The Balaban J connectivity index is 2.93. The van der Waals surface area contributed by atoms with Crippen LogP contribution in [0.15, 0.2) is 12.1 Å². The number of benzene rings is 1. The van der Waals surface area contributed by atoms with Gasteiger partial charge >= 0.3 is 0 Å². The monoisotopic (exact) mass is 213 g/mol. The first kappa shape index (κ1) is 8.60. The minimum atomic E-state index is 0.273. The Morgan fingerprint density at radius 2 is 2.36 bits per heavy atom. The van der Waals surface area contributed by atoms with Gasteiger partial charge in [0.05, 0.1) is 0 Å². The zero-order valence-electron chi connectivity index (χ0n) is 6.39. The number of hydrogen-bond donors (Lipinski definition) is 1. The van der Waals surface area contributed by atoms with Gasteiger partial charge in [0.1, 0.15) is 5.75 Å². The Labute approximate surface area is 75.2 Å². The van der Waals surface area contributed by atoms with Crippen molar-refractivity contribution in [2.45, 2.75) is 13.3 Å². The van der Waals surface area contributed by atoms with Gasteiger partial charge in [0.25, 0.3) is 0 Å². The lowest BCUT2D eigenvalue weighted by molar-refractivity contribution is 0.467. The molecule has 1 nitrogen and oxygen atoms in total. The smallest absolute Gasteiger partial charge is 0.126 e. The minimum Gasteiger partial charge on any atom is -0.507 e. The van der Waals surface area contributed by atoms with E-state index in [9.17, 15) is 5.11 Å². The SMILES string of the molecule is Cc1c[c]c(O)c(CCBr)c1. The standard InChI is InChI=1S/C9H10BrO/c1-7-2-3-9(11)8(6-7)4-5-10/h2,6,11H,4-5H2,1H3. The molecular weight excluding hydrogens is 204 g/mol. The maximum Gasteiger partial charge on any atom is 0.126 e. The van der Waals surface area contributed by atoms with Gasteiger partial charge in [-0.3, -0.25) is 0 Å². The molecule has 0 aromatic heterocycles. The van der Waals surface area contributed by atoms with E-state index in [0.717, 1.165) is 22.9 Å². The van der Waals surface area contributed by atoms with Crippen molar-refractivity contribution in [3.8, 4) is 5.75 Å². The van der Waals surface area contributed by atoms with E-state index in [1.807, 2.05) is 13.0 Å². The summed E-state index contributed by atoms with van der Waals surface area (Å²) in [5.41, 5.74) is 2.10. The third-order valence-corrected chi connectivity index (χ3v) is 1.90. The van der Waals surface area contributed by atoms with E-state index in [4.69, 9.17) is 0 Å². The highest BCUT2D eigenvalue weighted by molar-refractivity contribution is 9.09. The van der Waals surface area contributed by atoms with Crippen molar-refractivity contribution in [3.63, 3.8) is 0 Å². The van der Waals surface area contributed by atoms with Crippen molar-refractivity contribution in [1.82, 2.24) is 0 Å². The van der Waals surface area contributed by atoms with Gasteiger partial charge in [0.2, 0.25) is 0 Å². The molecule has 0 aliphatic carbocycles. The van der Waals surface area contributed by atoms with Crippen LogP contribution in [0.5, 0.6) is 5.75 Å². The topological polar surface area (TPSA) is 20.2 Å². The van der Waals surface area contributed by atoms with Crippen molar-refractivity contribution >= 4 is 15.9 Å². The number of aromatic hydroxyl groups is 1. The fraction of sp³-hybridized carbons (Fsp3) is 0.333. The van der Waals surface area contributed by atoms with Crippen LogP contribution in [0.4, 0.5) is 0 Å². The van der Waals surface area contributed by atoms with Gasteiger partial charge in [-0.1, -0.05) is 22.0 Å². The second-order valence-corrected chi connectivity index (χ2v) is 3.28. The van der Waals surface area contributed by atoms with Gasteiger partial charge < -0.3 is 5.11 Å². The Hall–Kier alpha value is -0.500. The van der Waals surface area contributed by atoms with Crippen LogP contribution in [-0.4, -0.2) is 10.4 Å². The molecule has 1 N–H and O–H groups in total. The van der Waals surface area contributed by atoms with E-state index in [0.29, 0.717) is 0 Å². The lowest BCUT2D eigenvalue weighted by atomic mass is 10.1. The second-order valence-electron chi connectivity index (χ2n) is 2.49. The molecule has 1 aromatic rings. The highest BCUT2D eigenvalue weighted by atomic mass is 79.9. The minimum absolute atomic E-state index is 0.273.